The van der Waals surface area contributed by atoms with E-state index in [1.807, 2.05) is 62.2 Å². The Morgan fingerprint density at radius 3 is 2.61 bits per heavy atom. The number of nitrogens with one attached hydrogen (secondary N) is 1. The van der Waals surface area contributed by atoms with Crippen molar-refractivity contribution in [3.05, 3.63) is 42.0 Å². The van der Waals surface area contributed by atoms with Crippen LogP contribution in [-0.2, 0) is 4.79 Å². The zero-order valence-electron chi connectivity index (χ0n) is 13.7. The summed E-state index contributed by atoms with van der Waals surface area (Å²) in [6, 6.07) is 11.8. The highest BCUT2D eigenvalue weighted by atomic mass is 16.2. The highest BCUT2D eigenvalue weighted by Crippen LogP contribution is 2.36. The molecule has 0 fully saturated rings. The molecular formula is C18H21N3O2. The fraction of sp³-hybridized carbons (Fsp3) is 0.333. The van der Waals surface area contributed by atoms with Crippen LogP contribution in [0.4, 0.5) is 5.69 Å². The first-order chi connectivity index (χ1) is 11.0. The lowest BCUT2D eigenvalue weighted by Gasteiger charge is -2.25. The number of carbonyl (C=O) groups is 2. The maximum absolute atomic E-state index is 12.7. The lowest BCUT2D eigenvalue weighted by molar-refractivity contribution is -0.122. The SMILES string of the molecule is CC(C)NC(=O)CN(C)CN1C(=O)c2cccc3cccc1c23. The molecule has 0 saturated carbocycles. The van der Waals surface area contributed by atoms with Gasteiger partial charge in [-0.3, -0.25) is 19.4 Å². The Morgan fingerprint density at radius 2 is 1.91 bits per heavy atom. The Labute approximate surface area is 135 Å². The van der Waals surface area contributed by atoms with Crippen molar-refractivity contribution < 1.29 is 9.59 Å². The van der Waals surface area contributed by atoms with Crippen molar-refractivity contribution in [1.29, 1.82) is 0 Å². The van der Waals surface area contributed by atoms with Crippen LogP contribution in [0.1, 0.15) is 24.2 Å². The number of likely N-dealkylation sites (N-methyl/N-ethyl adjacent to an activating group) is 1. The lowest BCUT2D eigenvalue weighted by atomic mass is 10.1. The Morgan fingerprint density at radius 1 is 1.22 bits per heavy atom. The van der Waals surface area contributed by atoms with Gasteiger partial charge < -0.3 is 5.32 Å². The van der Waals surface area contributed by atoms with Crippen LogP contribution in [0.2, 0.25) is 0 Å². The second-order valence-electron chi connectivity index (χ2n) is 6.29. The van der Waals surface area contributed by atoms with Gasteiger partial charge in [0.15, 0.2) is 0 Å². The summed E-state index contributed by atoms with van der Waals surface area (Å²) in [5.41, 5.74) is 1.65. The van der Waals surface area contributed by atoms with Gasteiger partial charge in [-0.1, -0.05) is 24.3 Å². The number of rotatable bonds is 5. The molecule has 23 heavy (non-hydrogen) atoms. The van der Waals surface area contributed by atoms with E-state index in [9.17, 15) is 9.59 Å². The van der Waals surface area contributed by atoms with Crippen LogP contribution in [0, 0.1) is 0 Å². The molecule has 1 aliphatic rings. The van der Waals surface area contributed by atoms with Gasteiger partial charge in [-0.05, 0) is 38.4 Å². The first-order valence-corrected chi connectivity index (χ1v) is 7.79. The van der Waals surface area contributed by atoms with Crippen LogP contribution in [0.5, 0.6) is 0 Å². The van der Waals surface area contributed by atoms with Gasteiger partial charge in [0.05, 0.1) is 18.9 Å². The van der Waals surface area contributed by atoms with Gasteiger partial charge in [0, 0.05) is 17.0 Å². The number of amides is 2. The largest absolute Gasteiger partial charge is 0.353 e. The summed E-state index contributed by atoms with van der Waals surface area (Å²) in [5, 5.41) is 4.93. The summed E-state index contributed by atoms with van der Waals surface area (Å²) in [5.74, 6) is -0.0437. The topological polar surface area (TPSA) is 52.7 Å². The van der Waals surface area contributed by atoms with Gasteiger partial charge in [-0.25, -0.2) is 0 Å². The Balaban J connectivity index is 1.79. The standard InChI is InChI=1S/C18H21N3O2/c1-12(2)19-16(22)10-20(3)11-21-15-9-5-7-13-6-4-8-14(17(13)15)18(21)23/h4-9,12H,10-11H2,1-3H3,(H,19,22). The molecule has 0 radical (unpaired) electrons. The number of hydrogen-bond acceptors (Lipinski definition) is 3. The van der Waals surface area contributed by atoms with Crippen molar-refractivity contribution in [3.63, 3.8) is 0 Å². The minimum Gasteiger partial charge on any atom is -0.353 e. The van der Waals surface area contributed by atoms with E-state index < -0.39 is 0 Å². The van der Waals surface area contributed by atoms with Crippen LogP contribution >= 0.6 is 0 Å². The molecule has 2 amide bonds. The molecular weight excluding hydrogens is 290 g/mol. The first-order valence-electron chi connectivity index (χ1n) is 7.79. The molecule has 2 aromatic rings. The molecule has 0 bridgehead atoms. The van der Waals surface area contributed by atoms with Gasteiger partial charge in [-0.2, -0.15) is 0 Å². The van der Waals surface area contributed by atoms with Crippen LogP contribution < -0.4 is 10.2 Å². The van der Waals surface area contributed by atoms with Crippen molar-refractivity contribution in [3.8, 4) is 0 Å². The minimum absolute atomic E-state index is 0.00656. The van der Waals surface area contributed by atoms with E-state index in [0.717, 1.165) is 22.0 Å². The molecule has 1 heterocycles. The average Bonchev–Trinajstić information content (AvgIpc) is 2.74. The highest BCUT2D eigenvalue weighted by molar-refractivity contribution is 6.24. The number of carbonyl (C=O) groups excluding carboxylic acids is 2. The molecule has 5 heteroatoms. The van der Waals surface area contributed by atoms with Crippen molar-refractivity contribution in [2.75, 3.05) is 25.2 Å². The first kappa shape index (κ1) is 15.5. The molecule has 1 aliphatic heterocycles. The summed E-state index contributed by atoms with van der Waals surface area (Å²) in [4.78, 5) is 28.1. The molecule has 120 valence electrons. The minimum atomic E-state index is -0.0372. The number of anilines is 1. The van der Waals surface area contributed by atoms with Crippen molar-refractivity contribution in [2.24, 2.45) is 0 Å². The van der Waals surface area contributed by atoms with Gasteiger partial charge in [0.25, 0.3) is 5.91 Å². The van der Waals surface area contributed by atoms with Gasteiger partial charge >= 0.3 is 0 Å². The van der Waals surface area contributed by atoms with Crippen LogP contribution in [-0.4, -0.2) is 43.0 Å². The van der Waals surface area contributed by atoms with E-state index >= 15 is 0 Å². The fourth-order valence-electron chi connectivity index (χ4n) is 3.02. The van der Waals surface area contributed by atoms with Crippen LogP contribution in [0.15, 0.2) is 36.4 Å². The lowest BCUT2D eigenvalue weighted by Crippen LogP contribution is -2.44. The zero-order chi connectivity index (χ0) is 16.6. The van der Waals surface area contributed by atoms with Crippen LogP contribution in [0.25, 0.3) is 10.8 Å². The van der Waals surface area contributed by atoms with Gasteiger partial charge in [-0.15, -0.1) is 0 Å². The Bertz CT molecular complexity index is 765. The Kier molecular flexibility index (Phi) is 4.05. The molecule has 3 rings (SSSR count). The third kappa shape index (κ3) is 2.92. The quantitative estimate of drug-likeness (QED) is 0.921. The molecule has 0 spiro atoms. The van der Waals surface area contributed by atoms with E-state index in [2.05, 4.69) is 5.32 Å². The van der Waals surface area contributed by atoms with E-state index in [1.54, 1.807) is 4.90 Å². The number of nitrogens with zero attached hydrogens (tertiary/aromatic N) is 2. The van der Waals surface area contributed by atoms with E-state index in [4.69, 9.17) is 0 Å². The summed E-state index contributed by atoms with van der Waals surface area (Å²) in [6.07, 6.45) is 0. The molecule has 0 saturated heterocycles. The molecule has 0 atom stereocenters. The van der Waals surface area contributed by atoms with Crippen LogP contribution in [0.3, 0.4) is 0 Å². The third-order valence-electron chi connectivity index (χ3n) is 3.90. The third-order valence-corrected chi connectivity index (χ3v) is 3.90. The molecule has 0 unspecified atom stereocenters. The molecule has 2 aromatic carbocycles. The smallest absolute Gasteiger partial charge is 0.260 e. The van der Waals surface area contributed by atoms with Crippen molar-refractivity contribution in [1.82, 2.24) is 10.2 Å². The summed E-state index contributed by atoms with van der Waals surface area (Å²) >= 11 is 0. The Hall–Kier alpha value is -2.40. The van der Waals surface area contributed by atoms with Gasteiger partial charge in [0.2, 0.25) is 5.91 Å². The molecule has 0 aliphatic carbocycles. The highest BCUT2D eigenvalue weighted by Gasteiger charge is 2.30. The second-order valence-corrected chi connectivity index (χ2v) is 6.29. The number of benzene rings is 2. The molecule has 0 aromatic heterocycles. The van der Waals surface area contributed by atoms with E-state index in [-0.39, 0.29) is 24.4 Å². The second kappa shape index (κ2) is 6.01. The van der Waals surface area contributed by atoms with E-state index in [0.29, 0.717) is 6.67 Å². The molecule has 1 N–H and O–H groups in total. The predicted molar refractivity (Wildman–Crippen MR) is 91.5 cm³/mol. The zero-order valence-corrected chi connectivity index (χ0v) is 13.7. The average molecular weight is 311 g/mol. The summed E-state index contributed by atoms with van der Waals surface area (Å²) < 4.78 is 0. The molecule has 5 nitrogen and oxygen atoms in total. The summed E-state index contributed by atoms with van der Waals surface area (Å²) in [7, 11) is 1.84. The monoisotopic (exact) mass is 311 g/mol. The summed E-state index contributed by atoms with van der Waals surface area (Å²) in [6.45, 7) is 4.50. The van der Waals surface area contributed by atoms with Crippen molar-refractivity contribution >= 4 is 28.3 Å². The van der Waals surface area contributed by atoms with Gasteiger partial charge in [0.1, 0.15) is 0 Å². The normalized spacial score (nSPS) is 13.4. The predicted octanol–water partition coefficient (Wildman–Crippen LogP) is 2.21. The maximum Gasteiger partial charge on any atom is 0.260 e. The fourth-order valence-corrected chi connectivity index (χ4v) is 3.02. The maximum atomic E-state index is 12.7. The number of hydrogen-bond donors (Lipinski definition) is 1. The van der Waals surface area contributed by atoms with Crippen molar-refractivity contribution in [2.45, 2.75) is 19.9 Å². The van der Waals surface area contributed by atoms with E-state index in [1.165, 1.54) is 0 Å².